The highest BCUT2D eigenvalue weighted by molar-refractivity contribution is 5.91. The number of nitrogens with zero attached hydrogens (tertiary/aromatic N) is 1. The molecule has 1 aliphatic carbocycles. The van der Waals surface area contributed by atoms with E-state index in [4.69, 9.17) is 0 Å². The fourth-order valence-corrected chi connectivity index (χ4v) is 2.51. The molecule has 0 radical (unpaired) electrons. The van der Waals surface area contributed by atoms with Crippen molar-refractivity contribution in [2.24, 2.45) is 0 Å². The minimum Gasteiger partial charge on any atom is -0.388 e. The van der Waals surface area contributed by atoms with Crippen LogP contribution in [0.3, 0.4) is 0 Å². The van der Waals surface area contributed by atoms with Crippen LogP contribution in [0.2, 0.25) is 0 Å². The lowest BCUT2D eigenvalue weighted by Gasteiger charge is -2.26. The molecule has 1 aromatic heterocycles. The second kappa shape index (κ2) is 7.20. The second-order valence-corrected chi connectivity index (χ2v) is 5.44. The third-order valence-corrected chi connectivity index (χ3v) is 3.72. The lowest BCUT2D eigenvalue weighted by atomic mass is 9.94. The van der Waals surface area contributed by atoms with E-state index in [1.165, 1.54) is 18.9 Å². The molecule has 4 heteroatoms. The third kappa shape index (κ3) is 4.78. The van der Waals surface area contributed by atoms with Gasteiger partial charge in [-0.15, -0.1) is 0 Å². The normalized spacial score (nSPS) is 18.6. The number of carbonyl (C=O) groups is 1. The van der Waals surface area contributed by atoms with E-state index in [1.807, 2.05) is 18.2 Å². The summed E-state index contributed by atoms with van der Waals surface area (Å²) in [6.45, 7) is 0.332. The average molecular weight is 274 g/mol. The molecule has 0 bridgehead atoms. The first-order chi connectivity index (χ1) is 9.68. The molecule has 0 spiro atoms. The van der Waals surface area contributed by atoms with E-state index in [2.05, 4.69) is 10.3 Å². The van der Waals surface area contributed by atoms with Gasteiger partial charge in [-0.3, -0.25) is 9.78 Å². The number of hydrogen-bond donors (Lipinski definition) is 2. The summed E-state index contributed by atoms with van der Waals surface area (Å²) in [5.41, 5.74) is 0.0150. The molecule has 1 saturated carbocycles. The maximum Gasteiger partial charge on any atom is 0.244 e. The highest BCUT2D eigenvalue weighted by Gasteiger charge is 2.27. The van der Waals surface area contributed by atoms with Gasteiger partial charge >= 0.3 is 0 Å². The molecule has 1 amide bonds. The van der Waals surface area contributed by atoms with Crippen LogP contribution < -0.4 is 5.32 Å². The standard InChI is InChI=1S/C16H22N2O2/c19-15(9-8-14-7-3-6-12-17-14)18-13-16(20)10-4-1-2-5-11-16/h3,6-9,12,20H,1-2,4-5,10-11,13H2,(H,18,19)/b9-8+. The molecule has 0 aliphatic heterocycles. The molecule has 1 aliphatic rings. The monoisotopic (exact) mass is 274 g/mol. The Bertz CT molecular complexity index is 449. The Kier molecular flexibility index (Phi) is 5.30. The van der Waals surface area contributed by atoms with E-state index in [-0.39, 0.29) is 5.91 Å². The van der Waals surface area contributed by atoms with Gasteiger partial charge in [0.25, 0.3) is 0 Å². The number of aromatic nitrogens is 1. The second-order valence-electron chi connectivity index (χ2n) is 5.44. The minimum atomic E-state index is -0.731. The number of pyridine rings is 1. The number of aliphatic hydroxyl groups is 1. The molecule has 0 saturated heterocycles. The van der Waals surface area contributed by atoms with E-state index in [0.29, 0.717) is 6.54 Å². The van der Waals surface area contributed by atoms with Gasteiger partial charge in [-0.2, -0.15) is 0 Å². The molecular weight excluding hydrogens is 252 g/mol. The lowest BCUT2D eigenvalue weighted by molar-refractivity contribution is -0.117. The summed E-state index contributed by atoms with van der Waals surface area (Å²) >= 11 is 0. The van der Waals surface area contributed by atoms with E-state index in [0.717, 1.165) is 31.4 Å². The maximum atomic E-state index is 11.8. The quantitative estimate of drug-likeness (QED) is 0.654. The minimum absolute atomic E-state index is 0.187. The van der Waals surface area contributed by atoms with Crippen LogP contribution in [-0.2, 0) is 4.79 Å². The van der Waals surface area contributed by atoms with Gasteiger partial charge in [0, 0.05) is 18.8 Å². The molecule has 108 valence electrons. The summed E-state index contributed by atoms with van der Waals surface area (Å²) in [5, 5.41) is 13.2. The summed E-state index contributed by atoms with van der Waals surface area (Å²) in [6.07, 6.45) is 10.8. The zero-order valence-corrected chi connectivity index (χ0v) is 11.7. The van der Waals surface area contributed by atoms with Gasteiger partial charge in [0.1, 0.15) is 0 Å². The summed E-state index contributed by atoms with van der Waals surface area (Å²) in [5.74, 6) is -0.187. The Hall–Kier alpha value is -1.68. The number of hydrogen-bond acceptors (Lipinski definition) is 3. The lowest BCUT2D eigenvalue weighted by Crippen LogP contribution is -2.42. The summed E-state index contributed by atoms with van der Waals surface area (Å²) in [7, 11) is 0. The van der Waals surface area contributed by atoms with Crippen molar-refractivity contribution < 1.29 is 9.90 Å². The van der Waals surface area contributed by atoms with Gasteiger partial charge in [0.05, 0.1) is 11.3 Å². The van der Waals surface area contributed by atoms with Gasteiger partial charge in [-0.25, -0.2) is 0 Å². The van der Waals surface area contributed by atoms with E-state index >= 15 is 0 Å². The summed E-state index contributed by atoms with van der Waals surface area (Å²) < 4.78 is 0. The fourth-order valence-electron chi connectivity index (χ4n) is 2.51. The molecule has 4 nitrogen and oxygen atoms in total. The van der Waals surface area contributed by atoms with Gasteiger partial charge < -0.3 is 10.4 Å². The molecular formula is C16H22N2O2. The highest BCUT2D eigenvalue weighted by atomic mass is 16.3. The van der Waals surface area contributed by atoms with Crippen molar-refractivity contribution in [1.82, 2.24) is 10.3 Å². The van der Waals surface area contributed by atoms with Crippen LogP contribution in [0.1, 0.15) is 44.2 Å². The zero-order valence-electron chi connectivity index (χ0n) is 11.7. The van der Waals surface area contributed by atoms with Crippen molar-refractivity contribution in [3.8, 4) is 0 Å². The predicted molar refractivity (Wildman–Crippen MR) is 78.9 cm³/mol. The van der Waals surface area contributed by atoms with Crippen molar-refractivity contribution in [2.45, 2.75) is 44.1 Å². The van der Waals surface area contributed by atoms with Crippen LogP contribution in [0.15, 0.2) is 30.5 Å². The topological polar surface area (TPSA) is 62.2 Å². The van der Waals surface area contributed by atoms with Crippen molar-refractivity contribution >= 4 is 12.0 Å². The fraction of sp³-hybridized carbons (Fsp3) is 0.500. The van der Waals surface area contributed by atoms with E-state index in [1.54, 1.807) is 12.3 Å². The molecule has 0 unspecified atom stereocenters. The first-order valence-electron chi connectivity index (χ1n) is 7.27. The van der Waals surface area contributed by atoms with Crippen LogP contribution in [0, 0.1) is 0 Å². The maximum absolute atomic E-state index is 11.8. The first kappa shape index (κ1) is 14.7. The van der Waals surface area contributed by atoms with Gasteiger partial charge in [0.15, 0.2) is 0 Å². The molecule has 1 heterocycles. The number of amides is 1. The Labute approximate surface area is 119 Å². The summed E-state index contributed by atoms with van der Waals surface area (Å²) in [4.78, 5) is 15.9. The van der Waals surface area contributed by atoms with Crippen LogP contribution in [-0.4, -0.2) is 28.1 Å². The van der Waals surface area contributed by atoms with Crippen molar-refractivity contribution in [1.29, 1.82) is 0 Å². The Morgan fingerprint density at radius 3 is 2.70 bits per heavy atom. The van der Waals surface area contributed by atoms with Crippen LogP contribution in [0.25, 0.3) is 6.08 Å². The summed E-state index contributed by atoms with van der Waals surface area (Å²) in [6, 6.07) is 5.54. The van der Waals surface area contributed by atoms with Crippen molar-refractivity contribution in [3.63, 3.8) is 0 Å². The van der Waals surface area contributed by atoms with Crippen LogP contribution >= 0.6 is 0 Å². The van der Waals surface area contributed by atoms with Gasteiger partial charge in [-0.05, 0) is 31.1 Å². The molecule has 2 N–H and O–H groups in total. The SMILES string of the molecule is O=C(/C=C/c1ccccn1)NCC1(O)CCCCCC1. The Morgan fingerprint density at radius 2 is 2.05 bits per heavy atom. The largest absolute Gasteiger partial charge is 0.388 e. The number of rotatable bonds is 4. The van der Waals surface area contributed by atoms with Gasteiger partial charge in [0.2, 0.25) is 5.91 Å². The molecule has 0 aromatic carbocycles. The van der Waals surface area contributed by atoms with Crippen LogP contribution in [0.5, 0.6) is 0 Å². The molecule has 0 atom stereocenters. The van der Waals surface area contributed by atoms with Gasteiger partial charge in [-0.1, -0.05) is 31.7 Å². The average Bonchev–Trinajstić information content (AvgIpc) is 2.69. The van der Waals surface area contributed by atoms with Crippen molar-refractivity contribution in [3.05, 3.63) is 36.2 Å². The predicted octanol–water partition coefficient (Wildman–Crippen LogP) is 2.30. The Morgan fingerprint density at radius 1 is 1.30 bits per heavy atom. The highest BCUT2D eigenvalue weighted by Crippen LogP contribution is 2.26. The first-order valence-corrected chi connectivity index (χ1v) is 7.27. The molecule has 1 aromatic rings. The molecule has 2 rings (SSSR count). The number of nitrogens with one attached hydrogen (secondary N) is 1. The molecule has 1 fully saturated rings. The number of carbonyl (C=O) groups excluding carboxylic acids is 1. The third-order valence-electron chi connectivity index (χ3n) is 3.72. The van der Waals surface area contributed by atoms with E-state index < -0.39 is 5.60 Å². The van der Waals surface area contributed by atoms with Crippen LogP contribution in [0.4, 0.5) is 0 Å². The smallest absolute Gasteiger partial charge is 0.244 e. The Balaban J connectivity index is 1.81. The van der Waals surface area contributed by atoms with Crippen molar-refractivity contribution in [2.75, 3.05) is 6.54 Å². The molecule has 20 heavy (non-hydrogen) atoms. The van der Waals surface area contributed by atoms with E-state index in [9.17, 15) is 9.90 Å². The zero-order chi connectivity index (χ0) is 14.3.